The Hall–Kier alpha value is -2.73. The van der Waals surface area contributed by atoms with Crippen LogP contribution in [0.2, 0.25) is 0 Å². The van der Waals surface area contributed by atoms with E-state index in [0.29, 0.717) is 6.54 Å². The molecule has 1 amide bonds. The first-order valence-corrected chi connectivity index (χ1v) is 10.6. The maximum Gasteiger partial charge on any atom is 0.231 e. The minimum Gasteiger partial charge on any atom is -0.454 e. The van der Waals surface area contributed by atoms with Crippen LogP contribution in [-0.4, -0.2) is 45.4 Å². The van der Waals surface area contributed by atoms with Gasteiger partial charge >= 0.3 is 0 Å². The molecule has 5 rings (SSSR count). The van der Waals surface area contributed by atoms with Crippen molar-refractivity contribution in [1.82, 2.24) is 5.32 Å². The summed E-state index contributed by atoms with van der Waals surface area (Å²) < 4.78 is 11.1. The van der Waals surface area contributed by atoms with Crippen LogP contribution in [0.5, 0.6) is 11.5 Å². The average Bonchev–Trinajstić information content (AvgIpc) is 3.52. The number of quaternary nitrogens is 1. The third-order valence-electron chi connectivity index (χ3n) is 6.25. The summed E-state index contributed by atoms with van der Waals surface area (Å²) in [6.07, 6.45) is 2.06. The van der Waals surface area contributed by atoms with Crippen LogP contribution in [0.25, 0.3) is 0 Å². The summed E-state index contributed by atoms with van der Waals surface area (Å²) in [5.41, 5.74) is 2.49. The van der Waals surface area contributed by atoms with Crippen LogP contribution in [0.15, 0.2) is 48.5 Å². The van der Waals surface area contributed by atoms with Gasteiger partial charge in [0.25, 0.3) is 0 Å². The summed E-state index contributed by atoms with van der Waals surface area (Å²) >= 11 is 0. The fourth-order valence-corrected chi connectivity index (χ4v) is 4.36. The van der Waals surface area contributed by atoms with E-state index >= 15 is 0 Å². The number of carbonyl (C=O) groups excluding carboxylic acids is 1. The van der Waals surface area contributed by atoms with Crippen molar-refractivity contribution < 1.29 is 19.2 Å². The third-order valence-corrected chi connectivity index (χ3v) is 6.25. The number of para-hydroxylation sites is 1. The van der Waals surface area contributed by atoms with Gasteiger partial charge in [0, 0.05) is 17.2 Å². The maximum atomic E-state index is 12.3. The summed E-state index contributed by atoms with van der Waals surface area (Å²) in [6.45, 7) is 5.04. The number of ether oxygens (including phenoxy) is 2. The molecule has 152 valence electrons. The summed E-state index contributed by atoms with van der Waals surface area (Å²) in [6, 6.07) is 17.0. The molecule has 1 atom stereocenters. The zero-order valence-electron chi connectivity index (χ0n) is 16.6. The number of amides is 1. The molecule has 2 aromatic carbocycles. The highest BCUT2D eigenvalue weighted by Gasteiger charge is 2.33. The standard InChI is InChI=1S/C23H27N3O3/c27-23(17-6-7-17)24-15-20(18-8-9-21-22(14-18)29-16-28-21)26-12-10-25(11-13-26)19-4-2-1-3-5-19/h1-5,8-9,14,17,20H,6-7,10-13,15-16H2,(H,24,27)/p+1/t20-/m0/s1. The van der Waals surface area contributed by atoms with Gasteiger partial charge in [0.2, 0.25) is 12.7 Å². The van der Waals surface area contributed by atoms with Gasteiger partial charge in [0.05, 0.1) is 32.7 Å². The molecule has 0 bridgehead atoms. The second-order valence-electron chi connectivity index (χ2n) is 8.17. The maximum absolute atomic E-state index is 12.3. The Kier molecular flexibility index (Phi) is 5.02. The molecule has 3 aliphatic rings. The molecule has 2 aromatic rings. The second kappa shape index (κ2) is 7.95. The number of piperazine rings is 1. The first-order valence-electron chi connectivity index (χ1n) is 10.6. The molecule has 2 N–H and O–H groups in total. The van der Waals surface area contributed by atoms with Crippen LogP contribution in [0.3, 0.4) is 0 Å². The molecule has 29 heavy (non-hydrogen) atoms. The molecular formula is C23H28N3O3+. The van der Waals surface area contributed by atoms with E-state index < -0.39 is 0 Å². The number of rotatable bonds is 6. The molecule has 6 heteroatoms. The quantitative estimate of drug-likeness (QED) is 0.778. The van der Waals surface area contributed by atoms with Crippen LogP contribution >= 0.6 is 0 Å². The van der Waals surface area contributed by atoms with Gasteiger partial charge in [0.1, 0.15) is 6.04 Å². The number of hydrogen-bond acceptors (Lipinski definition) is 4. The van der Waals surface area contributed by atoms with Gasteiger partial charge in [-0.15, -0.1) is 0 Å². The van der Waals surface area contributed by atoms with Gasteiger partial charge in [0.15, 0.2) is 11.5 Å². The molecule has 6 nitrogen and oxygen atoms in total. The zero-order valence-corrected chi connectivity index (χ0v) is 16.6. The van der Waals surface area contributed by atoms with E-state index in [1.54, 1.807) is 0 Å². The van der Waals surface area contributed by atoms with Crippen molar-refractivity contribution in [1.29, 1.82) is 0 Å². The second-order valence-corrected chi connectivity index (χ2v) is 8.17. The van der Waals surface area contributed by atoms with Crippen molar-refractivity contribution in [3.8, 4) is 11.5 Å². The van der Waals surface area contributed by atoms with E-state index in [1.165, 1.54) is 16.2 Å². The normalized spacial score (nSPS) is 19.8. The number of anilines is 1. The Labute approximate surface area is 171 Å². The lowest BCUT2D eigenvalue weighted by Gasteiger charge is -2.38. The van der Waals surface area contributed by atoms with Crippen LogP contribution in [0.1, 0.15) is 24.4 Å². The minimum absolute atomic E-state index is 0.207. The summed E-state index contributed by atoms with van der Waals surface area (Å²) in [7, 11) is 0. The monoisotopic (exact) mass is 394 g/mol. The molecule has 1 saturated heterocycles. The molecule has 0 unspecified atom stereocenters. The fourth-order valence-electron chi connectivity index (χ4n) is 4.36. The van der Waals surface area contributed by atoms with Gasteiger partial charge in [-0.25, -0.2) is 0 Å². The lowest BCUT2D eigenvalue weighted by atomic mass is 10.0. The molecule has 1 aliphatic carbocycles. The van der Waals surface area contributed by atoms with E-state index in [9.17, 15) is 4.79 Å². The topological polar surface area (TPSA) is 55.2 Å². The number of nitrogens with one attached hydrogen (secondary N) is 2. The van der Waals surface area contributed by atoms with Gasteiger partial charge in [-0.2, -0.15) is 0 Å². The van der Waals surface area contributed by atoms with Gasteiger partial charge in [-0.3, -0.25) is 4.79 Å². The molecule has 0 aromatic heterocycles. The number of benzene rings is 2. The lowest BCUT2D eigenvalue weighted by molar-refractivity contribution is -0.931. The predicted molar refractivity (Wildman–Crippen MR) is 110 cm³/mol. The average molecular weight is 394 g/mol. The van der Waals surface area contributed by atoms with E-state index in [2.05, 4.69) is 52.7 Å². The van der Waals surface area contributed by atoms with E-state index in [4.69, 9.17) is 9.47 Å². The van der Waals surface area contributed by atoms with Crippen molar-refractivity contribution in [3.63, 3.8) is 0 Å². The predicted octanol–water partition coefficient (Wildman–Crippen LogP) is 1.39. The molecule has 2 heterocycles. The largest absolute Gasteiger partial charge is 0.454 e. The minimum atomic E-state index is 0.207. The Morgan fingerprint density at radius 2 is 1.83 bits per heavy atom. The van der Waals surface area contributed by atoms with Crippen LogP contribution < -0.4 is 24.6 Å². The van der Waals surface area contributed by atoms with Gasteiger partial charge in [-0.1, -0.05) is 18.2 Å². The number of fused-ring (bicyclic) bond motifs is 1. The highest BCUT2D eigenvalue weighted by molar-refractivity contribution is 5.80. The van der Waals surface area contributed by atoms with E-state index in [1.807, 2.05) is 6.07 Å². The molecule has 2 aliphatic heterocycles. The number of carbonyl (C=O) groups is 1. The summed E-state index contributed by atoms with van der Waals surface area (Å²) in [4.78, 5) is 16.2. The smallest absolute Gasteiger partial charge is 0.231 e. The number of nitrogens with zero attached hydrogens (tertiary/aromatic N) is 1. The zero-order chi connectivity index (χ0) is 19.6. The van der Waals surface area contributed by atoms with Crippen molar-refractivity contribution in [3.05, 3.63) is 54.1 Å². The lowest BCUT2D eigenvalue weighted by Crippen LogP contribution is -3.15. The Morgan fingerprint density at radius 3 is 2.59 bits per heavy atom. The fraction of sp³-hybridized carbons (Fsp3) is 0.435. The third kappa shape index (κ3) is 4.03. The number of hydrogen-bond donors (Lipinski definition) is 2. The SMILES string of the molecule is O=C(NC[C@@H](c1ccc2c(c1)OCO2)[NH+]1CCN(c2ccccc2)CC1)C1CC1. The van der Waals surface area contributed by atoms with Crippen LogP contribution in [0.4, 0.5) is 5.69 Å². The molecular weight excluding hydrogens is 366 g/mol. The van der Waals surface area contributed by atoms with Gasteiger partial charge < -0.3 is 24.6 Å². The molecule has 0 radical (unpaired) electrons. The van der Waals surface area contributed by atoms with Crippen LogP contribution in [-0.2, 0) is 4.79 Å². The van der Waals surface area contributed by atoms with Crippen molar-refractivity contribution >= 4 is 11.6 Å². The Balaban J connectivity index is 1.31. The highest BCUT2D eigenvalue weighted by atomic mass is 16.7. The molecule has 1 saturated carbocycles. The molecule has 2 fully saturated rings. The first-order chi connectivity index (χ1) is 14.3. The van der Waals surface area contributed by atoms with E-state index in [-0.39, 0.29) is 24.7 Å². The summed E-state index contributed by atoms with van der Waals surface area (Å²) in [5, 5.41) is 3.21. The van der Waals surface area contributed by atoms with E-state index in [0.717, 1.165) is 50.5 Å². The summed E-state index contributed by atoms with van der Waals surface area (Å²) in [5.74, 6) is 2.05. The van der Waals surface area contributed by atoms with Crippen molar-refractivity contribution in [2.45, 2.75) is 18.9 Å². The first kappa shape index (κ1) is 18.3. The van der Waals surface area contributed by atoms with Crippen molar-refractivity contribution in [2.24, 2.45) is 5.92 Å². The van der Waals surface area contributed by atoms with Crippen LogP contribution in [0, 0.1) is 5.92 Å². The van der Waals surface area contributed by atoms with Gasteiger partial charge in [-0.05, 0) is 43.2 Å². The Bertz CT molecular complexity index is 861. The highest BCUT2D eigenvalue weighted by Crippen LogP contribution is 2.34. The molecule has 0 spiro atoms. The Morgan fingerprint density at radius 1 is 1.07 bits per heavy atom. The van der Waals surface area contributed by atoms with Crippen molar-refractivity contribution in [2.75, 3.05) is 44.4 Å².